The maximum Gasteiger partial charge on any atom is 0.196 e. The van der Waals surface area contributed by atoms with Gasteiger partial charge in [0.2, 0.25) is 0 Å². The molecule has 0 aliphatic heterocycles. The first-order valence-corrected chi connectivity index (χ1v) is 9.57. The number of thioether (sulfide) groups is 1. The minimum atomic E-state index is -0.252. The lowest BCUT2D eigenvalue weighted by atomic mass is 10.2. The topological polar surface area (TPSA) is 43.6 Å². The second-order valence-corrected chi connectivity index (χ2v) is 7.10. The fourth-order valence-corrected chi connectivity index (χ4v) is 3.78. The SMILES string of the molecule is Fc1cccc(CSc2nnc(-c3ccncc3)n2-c2ccccc2Cl)c1. The summed E-state index contributed by atoms with van der Waals surface area (Å²) in [4.78, 5) is 4.06. The summed E-state index contributed by atoms with van der Waals surface area (Å²) in [5.41, 5.74) is 2.55. The first kappa shape index (κ1) is 17.7. The number of rotatable bonds is 5. The van der Waals surface area contributed by atoms with Crippen LogP contribution in [0.25, 0.3) is 17.1 Å². The van der Waals surface area contributed by atoms with E-state index < -0.39 is 0 Å². The molecule has 27 heavy (non-hydrogen) atoms. The Morgan fingerprint density at radius 3 is 2.56 bits per heavy atom. The summed E-state index contributed by atoms with van der Waals surface area (Å²) in [7, 11) is 0. The molecule has 2 aromatic carbocycles. The Hall–Kier alpha value is -2.70. The number of halogens is 2. The van der Waals surface area contributed by atoms with E-state index in [1.165, 1.54) is 23.9 Å². The van der Waals surface area contributed by atoms with Crippen molar-refractivity contribution >= 4 is 23.4 Å². The van der Waals surface area contributed by atoms with Gasteiger partial charge in [0.15, 0.2) is 11.0 Å². The lowest BCUT2D eigenvalue weighted by Crippen LogP contribution is -2.00. The molecule has 4 rings (SSSR count). The molecule has 0 aliphatic carbocycles. The monoisotopic (exact) mass is 396 g/mol. The molecule has 0 aliphatic rings. The van der Waals surface area contributed by atoms with Gasteiger partial charge >= 0.3 is 0 Å². The molecule has 0 N–H and O–H groups in total. The maximum absolute atomic E-state index is 13.4. The second-order valence-electron chi connectivity index (χ2n) is 5.75. The molecule has 0 amide bonds. The van der Waals surface area contributed by atoms with Crippen LogP contribution in [0.4, 0.5) is 4.39 Å². The van der Waals surface area contributed by atoms with Gasteiger partial charge in [0.1, 0.15) is 5.82 Å². The molecule has 134 valence electrons. The molecule has 2 aromatic heterocycles. The molecule has 0 atom stereocenters. The van der Waals surface area contributed by atoms with E-state index in [0.29, 0.717) is 21.8 Å². The Morgan fingerprint density at radius 1 is 0.963 bits per heavy atom. The van der Waals surface area contributed by atoms with Crippen LogP contribution in [-0.2, 0) is 5.75 Å². The first-order valence-electron chi connectivity index (χ1n) is 8.20. The molecule has 0 spiro atoms. The highest BCUT2D eigenvalue weighted by molar-refractivity contribution is 7.98. The molecule has 0 unspecified atom stereocenters. The lowest BCUT2D eigenvalue weighted by molar-refractivity contribution is 0.626. The van der Waals surface area contributed by atoms with Crippen LogP contribution in [0.3, 0.4) is 0 Å². The molecule has 7 heteroatoms. The van der Waals surface area contributed by atoms with Crippen molar-refractivity contribution in [3.8, 4) is 17.1 Å². The summed E-state index contributed by atoms with van der Waals surface area (Å²) in [5, 5.41) is 9.99. The number of hydrogen-bond donors (Lipinski definition) is 0. The molecular weight excluding hydrogens is 383 g/mol. The van der Waals surface area contributed by atoms with Gasteiger partial charge in [-0.2, -0.15) is 0 Å². The highest BCUT2D eigenvalue weighted by atomic mass is 35.5. The van der Waals surface area contributed by atoms with Crippen molar-refractivity contribution in [3.05, 3.63) is 89.5 Å². The predicted octanol–water partition coefficient (Wildman–Crippen LogP) is 5.41. The summed E-state index contributed by atoms with van der Waals surface area (Å²) in [6, 6.07) is 17.8. The molecule has 0 radical (unpaired) electrons. The third kappa shape index (κ3) is 3.86. The summed E-state index contributed by atoms with van der Waals surface area (Å²) < 4.78 is 15.4. The van der Waals surface area contributed by atoms with Crippen LogP contribution in [0, 0.1) is 5.82 Å². The average Bonchev–Trinajstić information content (AvgIpc) is 3.11. The van der Waals surface area contributed by atoms with Crippen LogP contribution < -0.4 is 0 Å². The van der Waals surface area contributed by atoms with E-state index in [-0.39, 0.29) is 5.82 Å². The van der Waals surface area contributed by atoms with E-state index in [4.69, 9.17) is 11.6 Å². The zero-order chi connectivity index (χ0) is 18.6. The third-order valence-electron chi connectivity index (χ3n) is 3.92. The van der Waals surface area contributed by atoms with Gasteiger partial charge < -0.3 is 0 Å². The molecule has 4 aromatic rings. The van der Waals surface area contributed by atoms with E-state index in [2.05, 4.69) is 15.2 Å². The van der Waals surface area contributed by atoms with Gasteiger partial charge in [-0.1, -0.05) is 47.6 Å². The van der Waals surface area contributed by atoms with Crippen molar-refractivity contribution < 1.29 is 4.39 Å². The van der Waals surface area contributed by atoms with Gasteiger partial charge in [0, 0.05) is 23.7 Å². The number of hydrogen-bond acceptors (Lipinski definition) is 4. The Bertz CT molecular complexity index is 1070. The smallest absolute Gasteiger partial charge is 0.196 e. The first-order chi connectivity index (χ1) is 13.2. The summed E-state index contributed by atoms with van der Waals surface area (Å²) in [5.74, 6) is 0.988. The van der Waals surface area contributed by atoms with Crippen LogP contribution in [0.1, 0.15) is 5.56 Å². The summed E-state index contributed by atoms with van der Waals surface area (Å²) in [6.07, 6.45) is 3.42. The molecule has 2 heterocycles. The summed E-state index contributed by atoms with van der Waals surface area (Å²) in [6.45, 7) is 0. The van der Waals surface area contributed by atoms with Crippen molar-refractivity contribution in [2.75, 3.05) is 0 Å². The third-order valence-corrected chi connectivity index (χ3v) is 5.24. The van der Waals surface area contributed by atoms with E-state index in [9.17, 15) is 4.39 Å². The molecule has 4 nitrogen and oxygen atoms in total. The van der Waals surface area contributed by atoms with Crippen molar-refractivity contribution in [1.29, 1.82) is 0 Å². The molecule has 0 bridgehead atoms. The zero-order valence-electron chi connectivity index (χ0n) is 14.1. The highest BCUT2D eigenvalue weighted by Gasteiger charge is 2.18. The highest BCUT2D eigenvalue weighted by Crippen LogP contribution is 2.32. The Labute approximate surface area is 165 Å². The van der Waals surface area contributed by atoms with Crippen molar-refractivity contribution in [1.82, 2.24) is 19.7 Å². The quantitative estimate of drug-likeness (QED) is 0.423. The fraction of sp³-hybridized carbons (Fsp3) is 0.0500. The van der Waals surface area contributed by atoms with Gasteiger partial charge in [-0.3, -0.25) is 9.55 Å². The average molecular weight is 397 g/mol. The van der Waals surface area contributed by atoms with Gasteiger partial charge in [0.05, 0.1) is 10.7 Å². The van der Waals surface area contributed by atoms with Gasteiger partial charge in [0.25, 0.3) is 0 Å². The number of pyridine rings is 1. The lowest BCUT2D eigenvalue weighted by Gasteiger charge is -2.12. The summed E-state index contributed by atoms with van der Waals surface area (Å²) >= 11 is 7.91. The minimum absolute atomic E-state index is 0.252. The Balaban J connectivity index is 1.76. The number of nitrogens with zero attached hydrogens (tertiary/aromatic N) is 4. The number of para-hydroxylation sites is 1. The molecule has 0 saturated heterocycles. The zero-order valence-corrected chi connectivity index (χ0v) is 15.7. The molecule has 0 fully saturated rings. The van der Waals surface area contributed by atoms with Crippen molar-refractivity contribution in [2.45, 2.75) is 10.9 Å². The largest absolute Gasteiger partial charge is 0.268 e. The van der Waals surface area contributed by atoms with E-state index in [1.807, 2.05) is 47.0 Å². The van der Waals surface area contributed by atoms with Crippen molar-refractivity contribution in [2.24, 2.45) is 0 Å². The van der Waals surface area contributed by atoms with Crippen LogP contribution >= 0.6 is 23.4 Å². The molecule has 0 saturated carbocycles. The number of aromatic nitrogens is 4. The van der Waals surface area contributed by atoms with E-state index in [1.54, 1.807) is 18.5 Å². The van der Waals surface area contributed by atoms with Crippen LogP contribution in [-0.4, -0.2) is 19.7 Å². The Morgan fingerprint density at radius 2 is 1.78 bits per heavy atom. The van der Waals surface area contributed by atoms with Gasteiger partial charge in [-0.25, -0.2) is 4.39 Å². The molecular formula is C20H14ClFN4S. The second kappa shape index (κ2) is 7.90. The predicted molar refractivity (Wildman–Crippen MR) is 106 cm³/mol. The fourth-order valence-electron chi connectivity index (χ4n) is 2.68. The number of benzene rings is 2. The van der Waals surface area contributed by atoms with E-state index in [0.717, 1.165) is 16.8 Å². The standard InChI is InChI=1S/C20H14ClFN4S/c21-17-6-1-2-7-18(17)26-19(15-8-10-23-11-9-15)24-25-20(26)27-13-14-4-3-5-16(22)12-14/h1-12H,13H2. The van der Waals surface area contributed by atoms with Gasteiger partial charge in [-0.15, -0.1) is 10.2 Å². The van der Waals surface area contributed by atoms with E-state index >= 15 is 0 Å². The minimum Gasteiger partial charge on any atom is -0.268 e. The maximum atomic E-state index is 13.4. The normalized spacial score (nSPS) is 10.9. The van der Waals surface area contributed by atoms with Crippen LogP contribution in [0.15, 0.2) is 78.2 Å². The Kier molecular flexibility index (Phi) is 5.18. The van der Waals surface area contributed by atoms with Gasteiger partial charge in [-0.05, 0) is 42.0 Å². The van der Waals surface area contributed by atoms with Crippen LogP contribution in [0.2, 0.25) is 5.02 Å². The van der Waals surface area contributed by atoms with Crippen molar-refractivity contribution in [3.63, 3.8) is 0 Å². The van der Waals surface area contributed by atoms with Crippen LogP contribution in [0.5, 0.6) is 0 Å².